The number of rotatable bonds is 5. The van der Waals surface area contributed by atoms with Crippen LogP contribution in [0.4, 0.5) is 22.0 Å². The number of hydrogen-bond acceptors (Lipinski definition) is 3. The number of pyridine rings is 1. The van der Waals surface area contributed by atoms with Gasteiger partial charge in [-0.05, 0) is 31.7 Å². The minimum atomic E-state index is -4.21. The van der Waals surface area contributed by atoms with Crippen LogP contribution in [0.1, 0.15) is 36.0 Å². The van der Waals surface area contributed by atoms with Gasteiger partial charge in [-0.2, -0.15) is 13.2 Å². The van der Waals surface area contributed by atoms with Gasteiger partial charge in [0, 0.05) is 12.1 Å². The normalized spacial score (nSPS) is 21.2. The lowest BCUT2D eigenvalue weighted by Crippen LogP contribution is -2.40. The Hall–Kier alpha value is -1.64. The fourth-order valence-electron chi connectivity index (χ4n) is 2.64. The average molecular weight is 387 g/mol. The summed E-state index contributed by atoms with van der Waals surface area (Å²) in [7, 11) is 0. The molecule has 1 amide bonds. The molecular formula is C15H16ClF5N2O2. The molecule has 0 bridgehead atoms. The number of alkyl halides is 5. The van der Waals surface area contributed by atoms with E-state index in [1.54, 1.807) is 0 Å². The molecule has 140 valence electrons. The van der Waals surface area contributed by atoms with Crippen LogP contribution >= 0.6 is 11.6 Å². The van der Waals surface area contributed by atoms with Gasteiger partial charge in [-0.15, -0.1) is 0 Å². The van der Waals surface area contributed by atoms with E-state index in [4.69, 9.17) is 16.3 Å². The van der Waals surface area contributed by atoms with E-state index in [1.165, 1.54) is 12.1 Å². The molecule has 1 fully saturated rings. The SMILES string of the molecule is O=C(NC1CCC(C(F)(F)F)CC1)c1ccc(OCC(F)F)nc1Cl. The Morgan fingerprint density at radius 2 is 1.92 bits per heavy atom. The number of nitrogens with zero attached hydrogens (tertiary/aromatic N) is 1. The third-order valence-corrected chi connectivity index (χ3v) is 4.24. The van der Waals surface area contributed by atoms with E-state index < -0.39 is 31.0 Å². The number of carbonyl (C=O) groups excluding carboxylic acids is 1. The molecule has 1 aliphatic rings. The zero-order valence-electron chi connectivity index (χ0n) is 13.0. The molecule has 0 radical (unpaired) electrons. The van der Waals surface area contributed by atoms with Crippen molar-refractivity contribution in [3.63, 3.8) is 0 Å². The quantitative estimate of drug-likeness (QED) is 0.608. The molecule has 10 heteroatoms. The monoisotopic (exact) mass is 386 g/mol. The zero-order valence-corrected chi connectivity index (χ0v) is 13.7. The Balaban J connectivity index is 1.91. The Labute approximate surface area is 145 Å². The molecule has 0 aliphatic heterocycles. The van der Waals surface area contributed by atoms with E-state index >= 15 is 0 Å². The van der Waals surface area contributed by atoms with Crippen LogP contribution in [-0.2, 0) is 0 Å². The summed E-state index contributed by atoms with van der Waals surface area (Å²) in [6.45, 7) is -0.850. The van der Waals surface area contributed by atoms with Crippen LogP contribution in [-0.4, -0.2) is 36.1 Å². The van der Waals surface area contributed by atoms with Crippen molar-refractivity contribution in [3.8, 4) is 5.88 Å². The van der Waals surface area contributed by atoms with Crippen LogP contribution in [0.3, 0.4) is 0 Å². The molecule has 1 heterocycles. The molecule has 0 atom stereocenters. The molecule has 0 unspecified atom stereocenters. The molecule has 0 aromatic carbocycles. The smallest absolute Gasteiger partial charge is 0.391 e. The molecule has 2 rings (SSSR count). The second-order valence-electron chi connectivity index (χ2n) is 5.75. The van der Waals surface area contributed by atoms with Crippen molar-refractivity contribution in [2.45, 2.75) is 44.3 Å². The standard InChI is InChI=1S/C15H16ClF5N2O2/c16-13-10(5-6-12(23-13)25-7-11(17)18)14(24)22-9-3-1-8(2-4-9)15(19,20)21/h5-6,8-9,11H,1-4,7H2,(H,22,24). The lowest BCUT2D eigenvalue weighted by molar-refractivity contribution is -0.182. The van der Waals surface area contributed by atoms with Crippen LogP contribution < -0.4 is 10.1 Å². The molecule has 1 aromatic heterocycles. The van der Waals surface area contributed by atoms with Crippen LogP contribution in [0, 0.1) is 5.92 Å². The van der Waals surface area contributed by atoms with Crippen LogP contribution in [0.15, 0.2) is 12.1 Å². The van der Waals surface area contributed by atoms with Gasteiger partial charge in [0.15, 0.2) is 6.61 Å². The fourth-order valence-corrected chi connectivity index (χ4v) is 2.88. The second kappa shape index (κ2) is 8.16. The Morgan fingerprint density at radius 3 is 2.44 bits per heavy atom. The van der Waals surface area contributed by atoms with Gasteiger partial charge in [-0.1, -0.05) is 11.6 Å². The van der Waals surface area contributed by atoms with Gasteiger partial charge in [0.25, 0.3) is 12.3 Å². The molecule has 1 aromatic rings. The summed E-state index contributed by atoms with van der Waals surface area (Å²) in [5, 5.41) is 2.40. The largest absolute Gasteiger partial charge is 0.472 e. The van der Waals surface area contributed by atoms with Crippen LogP contribution in [0.25, 0.3) is 0 Å². The number of aromatic nitrogens is 1. The van der Waals surface area contributed by atoms with Gasteiger partial charge in [-0.25, -0.2) is 13.8 Å². The van der Waals surface area contributed by atoms with Gasteiger partial charge < -0.3 is 10.1 Å². The van der Waals surface area contributed by atoms with E-state index in [0.717, 1.165) is 0 Å². The molecule has 0 spiro atoms. The summed E-state index contributed by atoms with van der Waals surface area (Å²) >= 11 is 5.85. The number of amides is 1. The highest BCUT2D eigenvalue weighted by Crippen LogP contribution is 2.37. The number of hydrogen-bond donors (Lipinski definition) is 1. The first-order chi connectivity index (χ1) is 11.7. The second-order valence-corrected chi connectivity index (χ2v) is 6.11. The fraction of sp³-hybridized carbons (Fsp3) is 0.600. The van der Waals surface area contributed by atoms with E-state index in [-0.39, 0.29) is 48.3 Å². The van der Waals surface area contributed by atoms with E-state index in [1.807, 2.05) is 0 Å². The highest BCUT2D eigenvalue weighted by atomic mass is 35.5. The first-order valence-corrected chi connectivity index (χ1v) is 7.99. The Kier molecular flexibility index (Phi) is 6.42. The van der Waals surface area contributed by atoms with Crippen LogP contribution in [0.5, 0.6) is 5.88 Å². The third kappa shape index (κ3) is 5.69. The van der Waals surface area contributed by atoms with Crippen LogP contribution in [0.2, 0.25) is 5.15 Å². The predicted octanol–water partition coefficient (Wildman–Crippen LogP) is 4.23. The maximum atomic E-state index is 12.6. The Morgan fingerprint density at radius 1 is 1.28 bits per heavy atom. The van der Waals surface area contributed by atoms with Crippen molar-refractivity contribution in [2.75, 3.05) is 6.61 Å². The number of nitrogens with one attached hydrogen (secondary N) is 1. The number of ether oxygens (including phenoxy) is 1. The summed E-state index contributed by atoms with van der Waals surface area (Å²) in [5.74, 6) is -2.06. The number of halogens is 6. The van der Waals surface area contributed by atoms with Crippen molar-refractivity contribution in [1.82, 2.24) is 10.3 Å². The zero-order chi connectivity index (χ0) is 18.6. The van der Waals surface area contributed by atoms with E-state index in [0.29, 0.717) is 0 Å². The summed E-state index contributed by atoms with van der Waals surface area (Å²) in [4.78, 5) is 15.9. The molecule has 1 N–H and O–H groups in total. The van der Waals surface area contributed by atoms with E-state index in [2.05, 4.69) is 10.3 Å². The molecule has 25 heavy (non-hydrogen) atoms. The first-order valence-electron chi connectivity index (χ1n) is 7.62. The van der Waals surface area contributed by atoms with Gasteiger partial charge in [0.1, 0.15) is 5.15 Å². The topological polar surface area (TPSA) is 51.2 Å². The summed E-state index contributed by atoms with van der Waals surface area (Å²) in [5.41, 5.74) is 0.00371. The molecule has 4 nitrogen and oxygen atoms in total. The van der Waals surface area contributed by atoms with Crippen molar-refractivity contribution in [3.05, 3.63) is 22.8 Å². The number of carbonyl (C=O) groups is 1. The third-order valence-electron chi connectivity index (χ3n) is 3.95. The molecule has 1 aliphatic carbocycles. The highest BCUT2D eigenvalue weighted by molar-refractivity contribution is 6.32. The van der Waals surface area contributed by atoms with Gasteiger partial charge in [0.2, 0.25) is 5.88 Å². The molecule has 1 saturated carbocycles. The van der Waals surface area contributed by atoms with Gasteiger partial charge >= 0.3 is 6.18 Å². The van der Waals surface area contributed by atoms with Gasteiger partial charge in [-0.3, -0.25) is 4.79 Å². The maximum Gasteiger partial charge on any atom is 0.391 e. The maximum absolute atomic E-state index is 12.6. The first kappa shape index (κ1) is 19.7. The van der Waals surface area contributed by atoms with Crippen molar-refractivity contribution in [2.24, 2.45) is 5.92 Å². The molecule has 0 saturated heterocycles. The van der Waals surface area contributed by atoms with Crippen molar-refractivity contribution >= 4 is 17.5 Å². The minimum absolute atomic E-state index is 0.00371. The summed E-state index contributed by atoms with van der Waals surface area (Å²) in [6.07, 6.45) is -6.53. The lowest BCUT2D eigenvalue weighted by Gasteiger charge is -2.30. The summed E-state index contributed by atoms with van der Waals surface area (Å²) in [6, 6.07) is 2.12. The van der Waals surface area contributed by atoms with Crippen molar-refractivity contribution < 1.29 is 31.5 Å². The molecular weight excluding hydrogens is 371 g/mol. The Bertz CT molecular complexity index is 604. The van der Waals surface area contributed by atoms with E-state index in [9.17, 15) is 26.7 Å². The van der Waals surface area contributed by atoms with Crippen molar-refractivity contribution in [1.29, 1.82) is 0 Å². The highest BCUT2D eigenvalue weighted by Gasteiger charge is 2.41. The predicted molar refractivity (Wildman–Crippen MR) is 80.0 cm³/mol. The average Bonchev–Trinajstić information content (AvgIpc) is 2.52. The lowest BCUT2D eigenvalue weighted by atomic mass is 9.85. The summed E-state index contributed by atoms with van der Waals surface area (Å²) < 4.78 is 66.7. The van der Waals surface area contributed by atoms with Gasteiger partial charge in [0.05, 0.1) is 11.5 Å². The minimum Gasteiger partial charge on any atom is -0.472 e.